The molecule has 0 bridgehead atoms. The van der Waals surface area contributed by atoms with Crippen molar-refractivity contribution in [2.75, 3.05) is 7.05 Å². The molecule has 118 valence electrons. The summed E-state index contributed by atoms with van der Waals surface area (Å²) in [5, 5.41) is 0. The molecule has 1 amide bonds. The molecule has 4 nitrogen and oxygen atoms in total. The quantitative estimate of drug-likeness (QED) is 0.688. The summed E-state index contributed by atoms with van der Waals surface area (Å²) in [6.45, 7) is 2.58. The minimum Gasteiger partial charge on any atom is -0.337 e. The summed E-state index contributed by atoms with van der Waals surface area (Å²) in [5.74, 6) is 0.00779. The third-order valence-corrected chi connectivity index (χ3v) is 4.48. The van der Waals surface area contributed by atoms with Gasteiger partial charge in [0.1, 0.15) is 0 Å². The van der Waals surface area contributed by atoms with Gasteiger partial charge < -0.3 is 4.90 Å². The molecule has 0 saturated carbocycles. The number of carbonyl (C=O) groups is 1. The smallest absolute Gasteiger partial charge is 0.256 e. The number of carbonyl (C=O) groups excluding carboxylic acids is 1. The molecule has 0 aliphatic carbocycles. The zero-order valence-corrected chi connectivity index (χ0v) is 13.7. The molecule has 3 aromatic rings. The molecule has 4 rings (SSSR count). The Kier molecular flexibility index (Phi) is 3.38. The number of hydrogen-bond donors (Lipinski definition) is 0. The van der Waals surface area contributed by atoms with Gasteiger partial charge in [0.05, 0.1) is 11.3 Å². The van der Waals surface area contributed by atoms with Gasteiger partial charge in [0.25, 0.3) is 5.91 Å². The highest BCUT2D eigenvalue weighted by Gasteiger charge is 2.24. The highest BCUT2D eigenvalue weighted by Crippen LogP contribution is 2.34. The van der Waals surface area contributed by atoms with E-state index in [-0.39, 0.29) is 5.91 Å². The molecule has 3 heterocycles. The minimum absolute atomic E-state index is 0.00779. The Labute approximate surface area is 140 Å². The Morgan fingerprint density at radius 1 is 0.958 bits per heavy atom. The predicted octanol–water partition coefficient (Wildman–Crippen LogP) is 3.70. The first-order valence-electron chi connectivity index (χ1n) is 7.91. The highest BCUT2D eigenvalue weighted by molar-refractivity contribution is 6.01. The molecule has 1 aliphatic rings. The van der Waals surface area contributed by atoms with Crippen molar-refractivity contribution < 1.29 is 4.79 Å². The molecule has 1 aliphatic heterocycles. The van der Waals surface area contributed by atoms with Crippen LogP contribution in [0.3, 0.4) is 0 Å². The van der Waals surface area contributed by atoms with Gasteiger partial charge in [-0.1, -0.05) is 18.2 Å². The third-order valence-electron chi connectivity index (χ3n) is 4.48. The highest BCUT2D eigenvalue weighted by atomic mass is 16.2. The zero-order valence-electron chi connectivity index (χ0n) is 13.7. The van der Waals surface area contributed by atoms with E-state index in [4.69, 9.17) is 0 Å². The van der Waals surface area contributed by atoms with Crippen molar-refractivity contribution in [2.45, 2.75) is 13.5 Å². The molecule has 0 spiro atoms. The lowest BCUT2D eigenvalue weighted by atomic mass is 9.95. The maximum absolute atomic E-state index is 12.6. The van der Waals surface area contributed by atoms with Crippen LogP contribution in [0.25, 0.3) is 22.4 Å². The van der Waals surface area contributed by atoms with Crippen molar-refractivity contribution in [3.05, 3.63) is 71.7 Å². The summed E-state index contributed by atoms with van der Waals surface area (Å²) in [6.07, 6.45) is 3.54. The van der Waals surface area contributed by atoms with E-state index in [2.05, 4.69) is 34.2 Å². The van der Waals surface area contributed by atoms with Crippen molar-refractivity contribution in [3.8, 4) is 22.4 Å². The number of hydrogen-bond acceptors (Lipinski definition) is 3. The molecular formula is C20H17N3O. The summed E-state index contributed by atoms with van der Waals surface area (Å²) in [6, 6.07) is 14.0. The third kappa shape index (κ3) is 2.27. The summed E-state index contributed by atoms with van der Waals surface area (Å²) >= 11 is 0. The second-order valence-electron chi connectivity index (χ2n) is 6.07. The van der Waals surface area contributed by atoms with Crippen molar-refractivity contribution in [2.24, 2.45) is 0 Å². The van der Waals surface area contributed by atoms with Crippen LogP contribution in [0.2, 0.25) is 0 Å². The fourth-order valence-electron chi connectivity index (χ4n) is 3.22. The lowest BCUT2D eigenvalue weighted by molar-refractivity contribution is 0.0788. The van der Waals surface area contributed by atoms with Gasteiger partial charge in [-0.05, 0) is 42.3 Å². The molecule has 1 aromatic carbocycles. The Morgan fingerprint density at radius 2 is 1.71 bits per heavy atom. The first-order chi connectivity index (χ1) is 11.6. The van der Waals surface area contributed by atoms with Crippen LogP contribution in [-0.4, -0.2) is 27.8 Å². The number of pyridine rings is 2. The average molecular weight is 315 g/mol. The SMILES string of the molecule is Cc1ncccc1-c1ccc2c(c1)-c1ncccc1C(=O)N(C)C2. The zero-order chi connectivity index (χ0) is 16.7. The van der Waals surface area contributed by atoms with E-state index in [9.17, 15) is 4.79 Å². The predicted molar refractivity (Wildman–Crippen MR) is 93.4 cm³/mol. The number of nitrogens with zero attached hydrogens (tertiary/aromatic N) is 3. The van der Waals surface area contributed by atoms with Crippen molar-refractivity contribution in [3.63, 3.8) is 0 Å². The molecule has 0 radical (unpaired) electrons. The van der Waals surface area contributed by atoms with E-state index >= 15 is 0 Å². The van der Waals surface area contributed by atoms with Crippen molar-refractivity contribution in [1.29, 1.82) is 0 Å². The van der Waals surface area contributed by atoms with Gasteiger partial charge in [-0.25, -0.2) is 0 Å². The van der Waals surface area contributed by atoms with Crippen LogP contribution in [0, 0.1) is 6.92 Å². The number of aromatic nitrogens is 2. The molecule has 0 fully saturated rings. The molecule has 24 heavy (non-hydrogen) atoms. The van der Waals surface area contributed by atoms with Crippen LogP contribution in [0.15, 0.2) is 54.9 Å². The van der Waals surface area contributed by atoms with E-state index in [0.29, 0.717) is 12.1 Å². The van der Waals surface area contributed by atoms with Crippen molar-refractivity contribution in [1.82, 2.24) is 14.9 Å². The monoisotopic (exact) mass is 315 g/mol. The van der Waals surface area contributed by atoms with Crippen LogP contribution in [0.1, 0.15) is 21.6 Å². The van der Waals surface area contributed by atoms with Gasteiger partial charge in [-0.3, -0.25) is 14.8 Å². The molecule has 0 atom stereocenters. The van der Waals surface area contributed by atoms with Gasteiger partial charge in [-0.2, -0.15) is 0 Å². The summed E-state index contributed by atoms with van der Waals surface area (Å²) in [4.78, 5) is 23.2. The van der Waals surface area contributed by atoms with Gasteiger partial charge in [0, 0.05) is 42.8 Å². The number of benzene rings is 1. The first kappa shape index (κ1) is 14.6. The standard InChI is InChI=1S/C20H17N3O/c1-13-16(5-3-9-21-13)14-7-8-15-12-23(2)20(24)17-6-4-10-22-19(17)18(15)11-14/h3-11H,12H2,1-2H3. The molecule has 0 unspecified atom stereocenters. The fourth-order valence-corrected chi connectivity index (χ4v) is 3.22. The Hall–Kier alpha value is -3.01. The lowest BCUT2D eigenvalue weighted by Crippen LogP contribution is -2.24. The van der Waals surface area contributed by atoms with Gasteiger partial charge in [-0.15, -0.1) is 0 Å². The van der Waals surface area contributed by atoms with Crippen LogP contribution >= 0.6 is 0 Å². The summed E-state index contributed by atoms with van der Waals surface area (Å²) in [5.41, 5.74) is 6.71. The molecule has 2 aromatic heterocycles. The average Bonchev–Trinajstić information content (AvgIpc) is 2.71. The van der Waals surface area contributed by atoms with E-state index in [0.717, 1.165) is 33.6 Å². The first-order valence-corrected chi connectivity index (χ1v) is 7.91. The summed E-state index contributed by atoms with van der Waals surface area (Å²) < 4.78 is 0. The largest absolute Gasteiger partial charge is 0.337 e. The van der Waals surface area contributed by atoms with E-state index in [1.165, 1.54) is 0 Å². The number of aryl methyl sites for hydroxylation is 1. The van der Waals surface area contributed by atoms with Gasteiger partial charge >= 0.3 is 0 Å². The Bertz CT molecular complexity index is 949. The minimum atomic E-state index is 0.00779. The van der Waals surface area contributed by atoms with Crippen LogP contribution in [0.4, 0.5) is 0 Å². The number of amides is 1. The van der Waals surface area contributed by atoms with Crippen molar-refractivity contribution >= 4 is 5.91 Å². The second-order valence-corrected chi connectivity index (χ2v) is 6.07. The van der Waals surface area contributed by atoms with Gasteiger partial charge in [0.15, 0.2) is 0 Å². The summed E-state index contributed by atoms with van der Waals surface area (Å²) in [7, 11) is 1.83. The maximum Gasteiger partial charge on any atom is 0.256 e. The van der Waals surface area contributed by atoms with Crippen LogP contribution < -0.4 is 0 Å². The normalized spacial score (nSPS) is 13.2. The Morgan fingerprint density at radius 3 is 2.50 bits per heavy atom. The van der Waals surface area contributed by atoms with Gasteiger partial charge in [0.2, 0.25) is 0 Å². The van der Waals surface area contributed by atoms with E-state index in [1.807, 2.05) is 32.2 Å². The van der Waals surface area contributed by atoms with E-state index < -0.39 is 0 Å². The number of rotatable bonds is 1. The fraction of sp³-hybridized carbons (Fsp3) is 0.150. The number of fused-ring (bicyclic) bond motifs is 3. The molecular weight excluding hydrogens is 298 g/mol. The maximum atomic E-state index is 12.6. The lowest BCUT2D eigenvalue weighted by Gasteiger charge is -2.15. The molecule has 0 saturated heterocycles. The second kappa shape index (κ2) is 5.57. The Balaban J connectivity index is 1.96. The van der Waals surface area contributed by atoms with Crippen LogP contribution in [0.5, 0.6) is 0 Å². The van der Waals surface area contributed by atoms with Crippen LogP contribution in [-0.2, 0) is 6.54 Å². The van der Waals surface area contributed by atoms with E-state index in [1.54, 1.807) is 17.3 Å². The molecule has 0 N–H and O–H groups in total. The molecule has 4 heteroatoms. The topological polar surface area (TPSA) is 46.1 Å².